The van der Waals surface area contributed by atoms with E-state index >= 15 is 0 Å². The summed E-state index contributed by atoms with van der Waals surface area (Å²) >= 11 is 0. The fraction of sp³-hybridized carbons (Fsp3) is 0.0968. The quantitative estimate of drug-likeness (QED) is 0.317. The van der Waals surface area contributed by atoms with Gasteiger partial charge in [-0.05, 0) is 74.3 Å². The van der Waals surface area contributed by atoms with Crippen LogP contribution in [-0.4, -0.2) is 11.8 Å². The van der Waals surface area contributed by atoms with Gasteiger partial charge in [-0.15, -0.1) is 0 Å². The lowest BCUT2D eigenvalue weighted by molar-refractivity contribution is 0.0993. The summed E-state index contributed by atoms with van der Waals surface area (Å²) in [4.78, 5) is 24.0. The summed E-state index contributed by atoms with van der Waals surface area (Å²) in [6.07, 6.45) is 0.790. The molecule has 172 valence electrons. The van der Waals surface area contributed by atoms with E-state index in [2.05, 4.69) is 49.4 Å². The van der Waals surface area contributed by atoms with Crippen LogP contribution < -0.4 is 11.5 Å². The number of primary amides is 2. The molecule has 0 bridgehead atoms. The number of nitrogens with two attached hydrogens (primary N) is 2. The van der Waals surface area contributed by atoms with Crippen LogP contribution in [0.25, 0.3) is 32.7 Å². The second-order valence-corrected chi connectivity index (χ2v) is 8.98. The van der Waals surface area contributed by atoms with E-state index in [1.54, 1.807) is 12.1 Å². The Labute approximate surface area is 204 Å². The van der Waals surface area contributed by atoms with E-state index < -0.39 is 11.8 Å². The standard InChI is InChI=1S/C31H26N2O2/c1-19(20-7-3-2-4-8-20)17-29-24(15-16-26-25(29)10-6-12-28(26)31(33)35)22-13-14-23-21(18-22)9-5-11-27(23)30(32)34/h2-16,18-19H,17H2,1H3,(H2,32,34)(H2,33,35)/t19-/m1/s1. The normalized spacial score (nSPS) is 12.0. The first kappa shape index (κ1) is 22.4. The number of amides is 2. The van der Waals surface area contributed by atoms with Crippen molar-refractivity contribution in [2.45, 2.75) is 19.3 Å². The molecule has 0 heterocycles. The third-order valence-corrected chi connectivity index (χ3v) is 6.77. The fourth-order valence-corrected chi connectivity index (χ4v) is 5.00. The van der Waals surface area contributed by atoms with Gasteiger partial charge in [-0.2, -0.15) is 0 Å². The molecular formula is C31H26N2O2. The van der Waals surface area contributed by atoms with Crippen LogP contribution in [-0.2, 0) is 6.42 Å². The summed E-state index contributed by atoms with van der Waals surface area (Å²) in [5.41, 5.74) is 16.9. The predicted molar refractivity (Wildman–Crippen MR) is 142 cm³/mol. The maximum Gasteiger partial charge on any atom is 0.249 e. The van der Waals surface area contributed by atoms with E-state index in [0.29, 0.717) is 11.1 Å². The molecule has 0 unspecified atom stereocenters. The summed E-state index contributed by atoms with van der Waals surface area (Å²) in [6, 6.07) is 31.9. The Morgan fingerprint density at radius 3 is 2.06 bits per heavy atom. The highest BCUT2D eigenvalue weighted by Gasteiger charge is 2.17. The third-order valence-electron chi connectivity index (χ3n) is 6.77. The third kappa shape index (κ3) is 4.15. The summed E-state index contributed by atoms with van der Waals surface area (Å²) in [5.74, 6) is -0.611. The molecule has 0 spiro atoms. The lowest BCUT2D eigenvalue weighted by Crippen LogP contribution is -2.12. The molecule has 0 aliphatic rings. The van der Waals surface area contributed by atoms with Gasteiger partial charge in [-0.1, -0.05) is 85.8 Å². The lowest BCUT2D eigenvalue weighted by Gasteiger charge is -2.19. The highest BCUT2D eigenvalue weighted by atomic mass is 16.1. The molecule has 0 saturated heterocycles. The Balaban J connectivity index is 1.72. The van der Waals surface area contributed by atoms with Crippen molar-refractivity contribution in [1.82, 2.24) is 0 Å². The lowest BCUT2D eigenvalue weighted by atomic mass is 9.85. The minimum atomic E-state index is -0.439. The minimum absolute atomic E-state index is 0.264. The van der Waals surface area contributed by atoms with Gasteiger partial charge in [0.05, 0.1) is 0 Å². The zero-order valence-corrected chi connectivity index (χ0v) is 19.5. The topological polar surface area (TPSA) is 86.2 Å². The molecule has 5 aromatic carbocycles. The van der Waals surface area contributed by atoms with E-state index in [0.717, 1.165) is 44.7 Å². The Morgan fingerprint density at radius 1 is 0.686 bits per heavy atom. The summed E-state index contributed by atoms with van der Waals surface area (Å²) in [7, 11) is 0. The maximum atomic E-state index is 12.1. The Bertz CT molecular complexity index is 1590. The molecule has 5 rings (SSSR count). The van der Waals surface area contributed by atoms with E-state index in [1.165, 1.54) is 5.56 Å². The SMILES string of the molecule is C[C@H](Cc1c(-c2ccc3c(C(N)=O)cccc3c2)ccc2c(C(N)=O)cccc12)c1ccccc1. The number of fused-ring (bicyclic) bond motifs is 2. The summed E-state index contributed by atoms with van der Waals surface area (Å²) in [5, 5.41) is 3.66. The van der Waals surface area contributed by atoms with Crippen LogP contribution in [0.15, 0.2) is 97.1 Å². The number of benzene rings is 5. The Hall–Kier alpha value is -4.44. The summed E-state index contributed by atoms with van der Waals surface area (Å²) in [6.45, 7) is 2.22. The second kappa shape index (κ2) is 9.07. The van der Waals surface area contributed by atoms with Crippen molar-refractivity contribution >= 4 is 33.4 Å². The van der Waals surface area contributed by atoms with Gasteiger partial charge in [0.25, 0.3) is 0 Å². The van der Waals surface area contributed by atoms with Gasteiger partial charge in [-0.3, -0.25) is 9.59 Å². The van der Waals surface area contributed by atoms with Crippen LogP contribution in [0, 0.1) is 0 Å². The average Bonchev–Trinajstić information content (AvgIpc) is 2.88. The molecule has 4 heteroatoms. The van der Waals surface area contributed by atoms with Crippen LogP contribution in [0.1, 0.15) is 44.7 Å². The molecular weight excluding hydrogens is 432 g/mol. The van der Waals surface area contributed by atoms with E-state index in [-0.39, 0.29) is 5.92 Å². The van der Waals surface area contributed by atoms with Gasteiger partial charge in [0, 0.05) is 11.1 Å². The van der Waals surface area contributed by atoms with Crippen LogP contribution >= 0.6 is 0 Å². The number of rotatable bonds is 6. The minimum Gasteiger partial charge on any atom is -0.366 e. The first-order valence-corrected chi connectivity index (χ1v) is 11.7. The van der Waals surface area contributed by atoms with E-state index in [4.69, 9.17) is 11.5 Å². The maximum absolute atomic E-state index is 12.1. The molecule has 1 atom stereocenters. The highest BCUT2D eigenvalue weighted by molar-refractivity contribution is 6.09. The van der Waals surface area contributed by atoms with Crippen LogP contribution in [0.3, 0.4) is 0 Å². The highest BCUT2D eigenvalue weighted by Crippen LogP contribution is 2.36. The molecule has 0 radical (unpaired) electrons. The van der Waals surface area contributed by atoms with Crippen LogP contribution in [0.4, 0.5) is 0 Å². The monoisotopic (exact) mass is 458 g/mol. The number of hydrogen-bond acceptors (Lipinski definition) is 2. The zero-order chi connectivity index (χ0) is 24.5. The molecule has 0 saturated carbocycles. The van der Waals surface area contributed by atoms with Crippen molar-refractivity contribution < 1.29 is 9.59 Å². The first-order chi connectivity index (χ1) is 16.9. The molecule has 0 aromatic heterocycles. The fourth-order valence-electron chi connectivity index (χ4n) is 5.00. The van der Waals surface area contributed by atoms with E-state index in [9.17, 15) is 9.59 Å². The van der Waals surface area contributed by atoms with Crippen LogP contribution in [0.2, 0.25) is 0 Å². The van der Waals surface area contributed by atoms with Crippen molar-refractivity contribution in [2.75, 3.05) is 0 Å². The zero-order valence-electron chi connectivity index (χ0n) is 19.5. The van der Waals surface area contributed by atoms with Crippen molar-refractivity contribution in [3.8, 4) is 11.1 Å². The molecule has 5 aromatic rings. The predicted octanol–water partition coefficient (Wildman–Crippen LogP) is 6.20. The van der Waals surface area contributed by atoms with Gasteiger partial charge in [0.15, 0.2) is 0 Å². The molecule has 2 amide bonds. The van der Waals surface area contributed by atoms with E-state index in [1.807, 2.05) is 42.5 Å². The number of carbonyl (C=O) groups is 2. The largest absolute Gasteiger partial charge is 0.366 e. The molecule has 35 heavy (non-hydrogen) atoms. The van der Waals surface area contributed by atoms with Gasteiger partial charge >= 0.3 is 0 Å². The molecule has 4 nitrogen and oxygen atoms in total. The average molecular weight is 459 g/mol. The molecule has 4 N–H and O–H groups in total. The Kier molecular flexibility index (Phi) is 5.79. The van der Waals surface area contributed by atoms with Crippen molar-refractivity contribution in [3.05, 3.63) is 119 Å². The summed E-state index contributed by atoms with van der Waals surface area (Å²) < 4.78 is 0. The van der Waals surface area contributed by atoms with Crippen molar-refractivity contribution in [1.29, 1.82) is 0 Å². The molecule has 0 aliphatic heterocycles. The first-order valence-electron chi connectivity index (χ1n) is 11.7. The Morgan fingerprint density at radius 2 is 1.34 bits per heavy atom. The van der Waals surface area contributed by atoms with Crippen LogP contribution in [0.5, 0.6) is 0 Å². The van der Waals surface area contributed by atoms with Crippen molar-refractivity contribution in [3.63, 3.8) is 0 Å². The smallest absolute Gasteiger partial charge is 0.249 e. The number of carbonyl (C=O) groups excluding carboxylic acids is 2. The van der Waals surface area contributed by atoms with Crippen molar-refractivity contribution in [2.24, 2.45) is 11.5 Å². The molecule has 0 aliphatic carbocycles. The van der Waals surface area contributed by atoms with Gasteiger partial charge in [0.2, 0.25) is 11.8 Å². The van der Waals surface area contributed by atoms with Gasteiger partial charge < -0.3 is 11.5 Å². The number of hydrogen-bond donors (Lipinski definition) is 2. The van der Waals surface area contributed by atoms with Gasteiger partial charge in [-0.25, -0.2) is 0 Å². The molecule has 0 fully saturated rings. The van der Waals surface area contributed by atoms with Gasteiger partial charge in [0.1, 0.15) is 0 Å². The second-order valence-electron chi connectivity index (χ2n) is 8.98.